The van der Waals surface area contributed by atoms with Crippen LogP contribution in [0.3, 0.4) is 0 Å². The fraction of sp³-hybridized carbons (Fsp3) is 0.842. The summed E-state index contributed by atoms with van der Waals surface area (Å²) in [7, 11) is 0. The van der Waals surface area contributed by atoms with Crippen molar-refractivity contribution in [3.8, 4) is 5.75 Å². The summed E-state index contributed by atoms with van der Waals surface area (Å²) in [5, 5.41) is 0. The second kappa shape index (κ2) is 35.5. The molecular formula is C38H71CaO2PS2. The zero-order valence-electron chi connectivity index (χ0n) is 29.4. The first-order chi connectivity index (χ1) is 21.2. The van der Waals surface area contributed by atoms with Crippen LogP contribution in [0.4, 0.5) is 0 Å². The molecule has 0 aromatic heterocycles. The molecule has 0 aliphatic rings. The first-order valence-electron chi connectivity index (χ1n) is 18.8. The van der Waals surface area contributed by atoms with Gasteiger partial charge in [-0.2, -0.15) is 0 Å². The molecule has 1 aromatic carbocycles. The number of para-hydroxylation sites is 1. The van der Waals surface area contributed by atoms with Gasteiger partial charge in [0, 0.05) is 43.5 Å². The Labute approximate surface area is 315 Å². The van der Waals surface area contributed by atoms with E-state index in [4.69, 9.17) is 20.9 Å². The molecule has 1 rings (SSSR count). The quantitative estimate of drug-likeness (QED) is 0.0406. The summed E-state index contributed by atoms with van der Waals surface area (Å²) in [6.45, 7) is 5.32. The number of rotatable bonds is 34. The maximum absolute atomic E-state index is 6.33. The van der Waals surface area contributed by atoms with E-state index in [2.05, 4.69) is 13.8 Å². The Morgan fingerprint density at radius 2 is 0.841 bits per heavy atom. The maximum Gasteiger partial charge on any atom is 0.297 e. The Bertz CT molecular complexity index is 699. The first-order valence-corrected chi connectivity index (χ1v) is 23.1. The minimum absolute atomic E-state index is 0. The minimum atomic E-state index is -2.36. The third-order valence-corrected chi connectivity index (χ3v) is 13.7. The smallest absolute Gasteiger partial charge is 0.297 e. The molecule has 44 heavy (non-hydrogen) atoms. The summed E-state index contributed by atoms with van der Waals surface area (Å²) in [5.41, 5.74) is -2.36. The summed E-state index contributed by atoms with van der Waals surface area (Å²) in [4.78, 5) is 0. The third kappa shape index (κ3) is 30.6. The Kier molecular flexibility index (Phi) is 36.5. The molecule has 254 valence electrons. The Morgan fingerprint density at radius 3 is 1.23 bits per heavy atom. The predicted octanol–water partition coefficient (Wildman–Crippen LogP) is 14.6. The molecule has 0 heterocycles. The van der Waals surface area contributed by atoms with Crippen LogP contribution in [0.25, 0.3) is 0 Å². The molecule has 2 radical (unpaired) electrons. The molecule has 0 fully saturated rings. The largest absolute Gasteiger partial charge is 0.436 e. The van der Waals surface area contributed by atoms with Crippen molar-refractivity contribution >= 4 is 66.6 Å². The van der Waals surface area contributed by atoms with Gasteiger partial charge in [-0.05, 0) is 36.8 Å². The van der Waals surface area contributed by atoms with Crippen LogP contribution in [0, 0.1) is 0 Å². The molecule has 0 saturated heterocycles. The van der Waals surface area contributed by atoms with Gasteiger partial charge in [-0.15, -0.1) is 0 Å². The van der Waals surface area contributed by atoms with Gasteiger partial charge in [0.2, 0.25) is 0 Å². The Morgan fingerprint density at radius 1 is 0.500 bits per heavy atom. The van der Waals surface area contributed by atoms with E-state index in [1.807, 2.05) is 30.3 Å². The van der Waals surface area contributed by atoms with E-state index in [0.29, 0.717) is 0 Å². The normalized spacial score (nSPS) is 12.6. The molecular weight excluding hydrogens is 624 g/mol. The van der Waals surface area contributed by atoms with E-state index in [9.17, 15) is 0 Å². The van der Waals surface area contributed by atoms with Crippen LogP contribution in [0.5, 0.6) is 5.75 Å². The molecule has 0 aliphatic heterocycles. The summed E-state index contributed by atoms with van der Waals surface area (Å²) in [5.74, 6) is 1.89. The average Bonchev–Trinajstić information content (AvgIpc) is 3.01. The van der Waals surface area contributed by atoms with Gasteiger partial charge in [0.15, 0.2) is 0 Å². The first kappa shape index (κ1) is 45.2. The second-order valence-electron chi connectivity index (χ2n) is 12.7. The van der Waals surface area contributed by atoms with Crippen LogP contribution in [-0.4, -0.2) is 50.1 Å². The van der Waals surface area contributed by atoms with Crippen molar-refractivity contribution in [1.82, 2.24) is 0 Å². The molecule has 0 bridgehead atoms. The molecule has 6 heteroatoms. The van der Waals surface area contributed by atoms with Crippen molar-refractivity contribution in [2.45, 2.75) is 194 Å². The van der Waals surface area contributed by atoms with Gasteiger partial charge in [0.25, 0.3) is 5.69 Å². The summed E-state index contributed by atoms with van der Waals surface area (Å²) < 4.78 is 12.6. The van der Waals surface area contributed by atoms with Crippen LogP contribution in [0.1, 0.15) is 194 Å². The van der Waals surface area contributed by atoms with E-state index in [-0.39, 0.29) is 37.7 Å². The van der Waals surface area contributed by atoms with Crippen molar-refractivity contribution in [1.29, 1.82) is 0 Å². The zero-order valence-corrected chi connectivity index (χ0v) is 34.1. The standard InChI is InChI=1S/C38H71O2PS2.Ca/c1-3-5-7-9-11-13-15-17-19-21-23-25-27-32-36-39-41(42,40-38-34-30-29-31-35-38)43-37-33-28-26-24-22-20-18-16-14-12-10-8-6-4-2;/h29-31,34-35H,3-28,32-33,36-37H2,1-2H3;. The summed E-state index contributed by atoms with van der Waals surface area (Å²) in [6.07, 6.45) is 38.7. The molecule has 0 spiro atoms. The predicted molar refractivity (Wildman–Crippen MR) is 206 cm³/mol. The fourth-order valence-corrected chi connectivity index (χ4v) is 10.2. The van der Waals surface area contributed by atoms with Crippen molar-refractivity contribution in [2.24, 2.45) is 0 Å². The van der Waals surface area contributed by atoms with Crippen LogP contribution in [-0.2, 0) is 16.3 Å². The van der Waals surface area contributed by atoms with Crippen LogP contribution in [0.15, 0.2) is 30.3 Å². The van der Waals surface area contributed by atoms with E-state index >= 15 is 0 Å². The number of unbranched alkanes of at least 4 members (excludes halogenated alkanes) is 26. The van der Waals surface area contributed by atoms with Crippen molar-refractivity contribution in [3.63, 3.8) is 0 Å². The van der Waals surface area contributed by atoms with E-state index < -0.39 is 5.69 Å². The monoisotopic (exact) mass is 694 g/mol. The molecule has 0 N–H and O–H groups in total. The SMILES string of the molecule is CCCCCCCCCCCCCCCCOP(=S)(Oc1ccccc1)SCCCCCCCCCCCCCCCC.[Ca]. The summed E-state index contributed by atoms with van der Waals surface area (Å²) in [6, 6.07) is 10.1. The summed E-state index contributed by atoms with van der Waals surface area (Å²) >= 11 is 7.78. The topological polar surface area (TPSA) is 18.5 Å². The zero-order chi connectivity index (χ0) is 30.9. The van der Waals surface area contributed by atoms with E-state index in [1.165, 1.54) is 173 Å². The van der Waals surface area contributed by atoms with Gasteiger partial charge in [-0.3, -0.25) is 0 Å². The van der Waals surface area contributed by atoms with E-state index in [1.54, 1.807) is 11.4 Å². The van der Waals surface area contributed by atoms with Crippen LogP contribution in [0.2, 0.25) is 0 Å². The van der Waals surface area contributed by atoms with Crippen molar-refractivity contribution in [3.05, 3.63) is 30.3 Å². The van der Waals surface area contributed by atoms with Gasteiger partial charge in [0.1, 0.15) is 5.75 Å². The molecule has 0 amide bonds. The second-order valence-corrected chi connectivity index (χ2v) is 19.1. The molecule has 1 unspecified atom stereocenters. The number of hydrogen-bond donors (Lipinski definition) is 0. The third-order valence-electron chi connectivity index (χ3n) is 8.46. The fourth-order valence-electron chi connectivity index (χ4n) is 5.65. The van der Waals surface area contributed by atoms with Gasteiger partial charge in [0.05, 0.1) is 6.61 Å². The van der Waals surface area contributed by atoms with Gasteiger partial charge in [-0.1, -0.05) is 210 Å². The Balaban J connectivity index is 0.0000185. The van der Waals surface area contributed by atoms with Crippen LogP contribution < -0.4 is 4.52 Å². The Hall–Kier alpha value is 1.24. The molecule has 1 atom stereocenters. The minimum Gasteiger partial charge on any atom is -0.436 e. The van der Waals surface area contributed by atoms with Gasteiger partial charge < -0.3 is 9.05 Å². The van der Waals surface area contributed by atoms with Crippen molar-refractivity contribution < 1.29 is 9.05 Å². The number of hydrogen-bond acceptors (Lipinski definition) is 4. The molecule has 0 aliphatic carbocycles. The molecule has 2 nitrogen and oxygen atoms in total. The average molecular weight is 695 g/mol. The maximum atomic E-state index is 6.33. The number of benzene rings is 1. The van der Waals surface area contributed by atoms with E-state index in [0.717, 1.165) is 24.5 Å². The van der Waals surface area contributed by atoms with Crippen LogP contribution >= 0.6 is 17.1 Å². The van der Waals surface area contributed by atoms with Gasteiger partial charge in [-0.25, -0.2) is 0 Å². The molecule has 0 saturated carbocycles. The molecule has 1 aromatic rings. The van der Waals surface area contributed by atoms with Gasteiger partial charge >= 0.3 is 0 Å². The van der Waals surface area contributed by atoms with Crippen molar-refractivity contribution in [2.75, 3.05) is 12.4 Å².